The quantitative estimate of drug-likeness (QED) is 0.722. The predicted octanol–water partition coefficient (Wildman–Crippen LogP) is 3.31. The maximum atomic E-state index is 5.09. The zero-order valence-electron chi connectivity index (χ0n) is 11.2. The summed E-state index contributed by atoms with van der Waals surface area (Å²) in [4.78, 5) is 2.35. The normalized spacial score (nSPS) is 11.3. The summed E-state index contributed by atoms with van der Waals surface area (Å²) in [6.45, 7) is 2.89. The number of fused-ring (bicyclic) bond motifs is 1. The van der Waals surface area contributed by atoms with E-state index in [1.165, 1.54) is 16.3 Å². The molecule has 96 valence electrons. The number of hydrogen-bond donors (Lipinski definition) is 0. The van der Waals surface area contributed by atoms with E-state index in [-0.39, 0.29) is 0 Å². The van der Waals surface area contributed by atoms with Gasteiger partial charge in [-0.2, -0.15) is 0 Å². The summed E-state index contributed by atoms with van der Waals surface area (Å²) >= 11 is 0. The third kappa shape index (κ3) is 3.31. The largest absolute Gasteiger partial charge is 0.385 e. The maximum Gasteiger partial charge on any atom is 0.0474 e. The third-order valence-electron chi connectivity index (χ3n) is 3.21. The minimum Gasteiger partial charge on any atom is -0.385 e. The number of rotatable bonds is 6. The van der Waals surface area contributed by atoms with E-state index in [1.807, 2.05) is 0 Å². The van der Waals surface area contributed by atoms with Crippen molar-refractivity contribution in [3.05, 3.63) is 48.0 Å². The minimum absolute atomic E-state index is 0.833. The average molecular weight is 243 g/mol. The number of ether oxygens (including phenoxy) is 1. The Kier molecular flexibility index (Phi) is 4.73. The topological polar surface area (TPSA) is 12.5 Å². The maximum absolute atomic E-state index is 5.09. The van der Waals surface area contributed by atoms with Crippen LogP contribution in [0.3, 0.4) is 0 Å². The Morgan fingerprint density at radius 2 is 1.83 bits per heavy atom. The monoisotopic (exact) mass is 243 g/mol. The van der Waals surface area contributed by atoms with Crippen LogP contribution in [-0.2, 0) is 11.3 Å². The van der Waals surface area contributed by atoms with Gasteiger partial charge in [-0.3, -0.25) is 0 Å². The first-order chi connectivity index (χ1) is 8.81. The van der Waals surface area contributed by atoms with Crippen LogP contribution < -0.4 is 0 Å². The summed E-state index contributed by atoms with van der Waals surface area (Å²) in [5.41, 5.74) is 1.40. The van der Waals surface area contributed by atoms with Gasteiger partial charge in [0.05, 0.1) is 0 Å². The summed E-state index contributed by atoms with van der Waals surface area (Å²) in [6, 6.07) is 15.1. The molecule has 2 heteroatoms. The van der Waals surface area contributed by atoms with Crippen molar-refractivity contribution < 1.29 is 4.74 Å². The highest BCUT2D eigenvalue weighted by Gasteiger charge is 2.03. The lowest BCUT2D eigenvalue weighted by molar-refractivity contribution is 0.178. The fourth-order valence-electron chi connectivity index (χ4n) is 2.28. The van der Waals surface area contributed by atoms with Gasteiger partial charge >= 0.3 is 0 Å². The van der Waals surface area contributed by atoms with Gasteiger partial charge in [-0.05, 0) is 29.8 Å². The standard InChI is InChI=1S/C16H21NO/c1-17(11-6-12-18-2)13-15-9-5-8-14-7-3-4-10-16(14)15/h3-5,7-10H,6,11-13H2,1-2H3. The molecule has 0 atom stereocenters. The molecule has 0 aliphatic carbocycles. The second-order valence-corrected chi connectivity index (χ2v) is 4.72. The lowest BCUT2D eigenvalue weighted by Gasteiger charge is -2.17. The van der Waals surface area contributed by atoms with Crippen LogP contribution in [0.25, 0.3) is 10.8 Å². The number of methoxy groups -OCH3 is 1. The minimum atomic E-state index is 0.833. The molecule has 0 saturated heterocycles. The predicted molar refractivity (Wildman–Crippen MR) is 76.8 cm³/mol. The second kappa shape index (κ2) is 6.53. The first-order valence-electron chi connectivity index (χ1n) is 6.45. The van der Waals surface area contributed by atoms with Gasteiger partial charge in [0.2, 0.25) is 0 Å². The molecule has 0 saturated carbocycles. The van der Waals surface area contributed by atoms with Gasteiger partial charge in [0.15, 0.2) is 0 Å². The Balaban J connectivity index is 2.07. The highest BCUT2D eigenvalue weighted by Crippen LogP contribution is 2.19. The van der Waals surface area contributed by atoms with Crippen molar-refractivity contribution >= 4 is 10.8 Å². The zero-order valence-corrected chi connectivity index (χ0v) is 11.2. The molecule has 0 aliphatic heterocycles. The summed E-state index contributed by atoms with van der Waals surface area (Å²) in [5, 5.41) is 2.68. The highest BCUT2D eigenvalue weighted by molar-refractivity contribution is 5.85. The van der Waals surface area contributed by atoms with Gasteiger partial charge in [0.1, 0.15) is 0 Å². The van der Waals surface area contributed by atoms with Crippen molar-refractivity contribution in [1.29, 1.82) is 0 Å². The smallest absolute Gasteiger partial charge is 0.0474 e. The van der Waals surface area contributed by atoms with E-state index >= 15 is 0 Å². The molecule has 0 radical (unpaired) electrons. The Hall–Kier alpha value is -1.38. The zero-order chi connectivity index (χ0) is 12.8. The molecular formula is C16H21NO. The summed E-state index contributed by atoms with van der Waals surface area (Å²) < 4.78 is 5.09. The lowest BCUT2D eigenvalue weighted by Crippen LogP contribution is -2.20. The molecule has 0 aromatic heterocycles. The molecule has 0 heterocycles. The number of benzene rings is 2. The van der Waals surface area contributed by atoms with Crippen LogP contribution in [0.4, 0.5) is 0 Å². The molecule has 2 rings (SSSR count). The van der Waals surface area contributed by atoms with Crippen molar-refractivity contribution in [2.75, 3.05) is 27.3 Å². The van der Waals surface area contributed by atoms with Crippen LogP contribution in [0.1, 0.15) is 12.0 Å². The van der Waals surface area contributed by atoms with E-state index in [0.717, 1.165) is 26.1 Å². The second-order valence-electron chi connectivity index (χ2n) is 4.72. The fraction of sp³-hybridized carbons (Fsp3) is 0.375. The van der Waals surface area contributed by atoms with E-state index in [9.17, 15) is 0 Å². The number of hydrogen-bond acceptors (Lipinski definition) is 2. The molecular weight excluding hydrogens is 222 g/mol. The average Bonchev–Trinajstić information content (AvgIpc) is 2.39. The van der Waals surface area contributed by atoms with Gasteiger partial charge in [-0.15, -0.1) is 0 Å². The van der Waals surface area contributed by atoms with Crippen molar-refractivity contribution in [1.82, 2.24) is 4.90 Å². The van der Waals surface area contributed by atoms with Crippen molar-refractivity contribution in [2.45, 2.75) is 13.0 Å². The van der Waals surface area contributed by atoms with Crippen LogP contribution in [0.5, 0.6) is 0 Å². The molecule has 0 amide bonds. The Morgan fingerprint density at radius 3 is 2.67 bits per heavy atom. The van der Waals surface area contributed by atoms with E-state index in [4.69, 9.17) is 4.74 Å². The third-order valence-corrected chi connectivity index (χ3v) is 3.21. The summed E-state index contributed by atoms with van der Waals surface area (Å²) in [7, 11) is 3.92. The molecule has 0 bridgehead atoms. The molecule has 0 unspecified atom stereocenters. The molecule has 2 aromatic rings. The van der Waals surface area contributed by atoms with Crippen LogP contribution >= 0.6 is 0 Å². The first kappa shape index (κ1) is 13.1. The van der Waals surface area contributed by atoms with Gasteiger partial charge in [0, 0.05) is 26.8 Å². The highest BCUT2D eigenvalue weighted by atomic mass is 16.5. The molecule has 2 aromatic carbocycles. The summed E-state index contributed by atoms with van der Waals surface area (Å²) in [6.07, 6.45) is 1.08. The van der Waals surface area contributed by atoms with Crippen LogP contribution in [-0.4, -0.2) is 32.2 Å². The SMILES string of the molecule is COCCCN(C)Cc1cccc2ccccc12. The molecule has 0 N–H and O–H groups in total. The fourth-order valence-corrected chi connectivity index (χ4v) is 2.28. The van der Waals surface area contributed by atoms with Gasteiger partial charge in [-0.25, -0.2) is 0 Å². The van der Waals surface area contributed by atoms with E-state index in [1.54, 1.807) is 7.11 Å². The van der Waals surface area contributed by atoms with E-state index in [0.29, 0.717) is 0 Å². The molecule has 2 nitrogen and oxygen atoms in total. The first-order valence-corrected chi connectivity index (χ1v) is 6.45. The van der Waals surface area contributed by atoms with Crippen molar-refractivity contribution in [3.63, 3.8) is 0 Å². The Morgan fingerprint density at radius 1 is 1.06 bits per heavy atom. The molecule has 18 heavy (non-hydrogen) atoms. The van der Waals surface area contributed by atoms with Crippen molar-refractivity contribution in [3.8, 4) is 0 Å². The summed E-state index contributed by atoms with van der Waals surface area (Å²) in [5.74, 6) is 0. The number of nitrogens with zero attached hydrogens (tertiary/aromatic N) is 1. The van der Waals surface area contributed by atoms with E-state index in [2.05, 4.69) is 54.4 Å². The van der Waals surface area contributed by atoms with Crippen LogP contribution in [0.15, 0.2) is 42.5 Å². The molecule has 0 aliphatic rings. The lowest BCUT2D eigenvalue weighted by atomic mass is 10.0. The Labute approximate surface area is 109 Å². The van der Waals surface area contributed by atoms with Crippen LogP contribution in [0.2, 0.25) is 0 Å². The molecule has 0 spiro atoms. The van der Waals surface area contributed by atoms with Gasteiger partial charge in [0.25, 0.3) is 0 Å². The van der Waals surface area contributed by atoms with Gasteiger partial charge < -0.3 is 9.64 Å². The Bertz CT molecular complexity index is 490. The van der Waals surface area contributed by atoms with Crippen molar-refractivity contribution in [2.24, 2.45) is 0 Å². The van der Waals surface area contributed by atoms with E-state index < -0.39 is 0 Å². The van der Waals surface area contributed by atoms with Crippen LogP contribution in [0, 0.1) is 0 Å². The van der Waals surface area contributed by atoms with Gasteiger partial charge in [-0.1, -0.05) is 42.5 Å². The molecule has 0 fully saturated rings.